The van der Waals surface area contributed by atoms with Gasteiger partial charge < -0.3 is 14.2 Å². The molecule has 1 atom stereocenters. The van der Waals surface area contributed by atoms with E-state index in [1.165, 1.54) is 6.07 Å². The summed E-state index contributed by atoms with van der Waals surface area (Å²) in [6.45, 7) is 4.11. The van der Waals surface area contributed by atoms with Crippen LogP contribution in [0.5, 0.6) is 5.75 Å². The highest BCUT2D eigenvalue weighted by Gasteiger charge is 2.37. The monoisotopic (exact) mass is 276 g/mol. The van der Waals surface area contributed by atoms with E-state index in [1.54, 1.807) is 6.20 Å². The number of ether oxygens (including phenoxy) is 1. The lowest BCUT2D eigenvalue weighted by Crippen LogP contribution is -2.45. The minimum absolute atomic E-state index is 0.0528. The van der Waals surface area contributed by atoms with Gasteiger partial charge in [-0.15, -0.1) is 0 Å². The van der Waals surface area contributed by atoms with Crippen LogP contribution in [0.25, 0.3) is 0 Å². The van der Waals surface area contributed by atoms with Crippen LogP contribution in [-0.2, 0) is 6.54 Å². The van der Waals surface area contributed by atoms with Gasteiger partial charge in [0.1, 0.15) is 0 Å². The maximum absolute atomic E-state index is 12.6. The Bertz CT molecular complexity index is 579. The molecule has 0 radical (unpaired) electrons. The summed E-state index contributed by atoms with van der Waals surface area (Å²) in [6.07, 6.45) is 5.69. The first-order valence-electron chi connectivity index (χ1n) is 7.39. The number of carbonyl (C=O) groups is 1. The van der Waals surface area contributed by atoms with Crippen LogP contribution in [0.1, 0.15) is 43.1 Å². The molecular formula is C15H20N2O3. The zero-order valence-corrected chi connectivity index (χ0v) is 11.8. The van der Waals surface area contributed by atoms with Gasteiger partial charge in [0.25, 0.3) is 5.91 Å². The molecule has 20 heavy (non-hydrogen) atoms. The fourth-order valence-corrected chi connectivity index (χ4v) is 3.04. The van der Waals surface area contributed by atoms with Crippen molar-refractivity contribution in [3.63, 3.8) is 0 Å². The van der Waals surface area contributed by atoms with E-state index in [9.17, 15) is 9.59 Å². The Morgan fingerprint density at radius 2 is 2.25 bits per heavy atom. The summed E-state index contributed by atoms with van der Waals surface area (Å²) in [6, 6.07) is 1.78. The van der Waals surface area contributed by atoms with Crippen molar-refractivity contribution in [2.24, 2.45) is 0 Å². The summed E-state index contributed by atoms with van der Waals surface area (Å²) in [5, 5.41) is 0. The number of hydrogen-bond donors (Lipinski definition) is 0. The van der Waals surface area contributed by atoms with Gasteiger partial charge in [-0.1, -0.05) is 13.3 Å². The second-order valence-corrected chi connectivity index (χ2v) is 5.51. The summed E-state index contributed by atoms with van der Waals surface area (Å²) in [5.74, 6) is 0.180. The van der Waals surface area contributed by atoms with E-state index in [-0.39, 0.29) is 23.1 Å². The highest BCUT2D eigenvalue weighted by Crippen LogP contribution is 2.29. The average molecular weight is 276 g/mol. The molecular weight excluding hydrogens is 256 g/mol. The van der Waals surface area contributed by atoms with Gasteiger partial charge in [-0.05, 0) is 19.3 Å². The smallest absolute Gasteiger partial charge is 0.274 e. The SMILES string of the molecule is CCCCOc1c2n(ccc1=O)C[C@H]1CCCN1C2=O. The molecule has 0 aromatic carbocycles. The van der Waals surface area contributed by atoms with Crippen LogP contribution < -0.4 is 10.2 Å². The number of amides is 1. The molecule has 0 unspecified atom stereocenters. The van der Waals surface area contributed by atoms with Crippen LogP contribution >= 0.6 is 0 Å². The summed E-state index contributed by atoms with van der Waals surface area (Å²) < 4.78 is 7.50. The topological polar surface area (TPSA) is 51.5 Å². The average Bonchev–Trinajstić information content (AvgIpc) is 2.90. The first kappa shape index (κ1) is 13.2. The maximum Gasteiger partial charge on any atom is 0.274 e. The van der Waals surface area contributed by atoms with Crippen LogP contribution in [0.4, 0.5) is 0 Å². The lowest BCUT2D eigenvalue weighted by Gasteiger charge is -2.33. The van der Waals surface area contributed by atoms with Crippen LogP contribution in [0.15, 0.2) is 17.1 Å². The van der Waals surface area contributed by atoms with Crippen molar-refractivity contribution in [1.82, 2.24) is 9.47 Å². The lowest BCUT2D eigenvalue weighted by atomic mass is 10.1. The number of rotatable bonds is 4. The highest BCUT2D eigenvalue weighted by molar-refractivity contribution is 5.96. The van der Waals surface area contributed by atoms with Gasteiger partial charge in [-0.25, -0.2) is 0 Å². The Morgan fingerprint density at radius 1 is 1.40 bits per heavy atom. The Labute approximate surface area is 118 Å². The van der Waals surface area contributed by atoms with E-state index < -0.39 is 0 Å². The van der Waals surface area contributed by atoms with E-state index in [4.69, 9.17) is 4.74 Å². The molecule has 2 aliphatic rings. The Morgan fingerprint density at radius 3 is 3.05 bits per heavy atom. The standard InChI is InChI=1S/C15H20N2O3/c1-2-3-9-20-14-12(18)6-8-16-10-11-5-4-7-17(11)15(19)13(14)16/h6,8,11H,2-5,7,9-10H2,1H3/t11-/m1/s1. The number of aromatic nitrogens is 1. The van der Waals surface area contributed by atoms with E-state index in [2.05, 4.69) is 6.92 Å². The van der Waals surface area contributed by atoms with Crippen molar-refractivity contribution in [3.8, 4) is 5.75 Å². The molecule has 1 amide bonds. The predicted octanol–water partition coefficient (Wildman–Crippen LogP) is 1.65. The van der Waals surface area contributed by atoms with Crippen molar-refractivity contribution in [2.45, 2.75) is 45.2 Å². The zero-order chi connectivity index (χ0) is 14.1. The predicted molar refractivity (Wildman–Crippen MR) is 75.2 cm³/mol. The zero-order valence-electron chi connectivity index (χ0n) is 11.8. The van der Waals surface area contributed by atoms with E-state index in [0.29, 0.717) is 12.3 Å². The molecule has 0 spiro atoms. The molecule has 1 aromatic heterocycles. The Hall–Kier alpha value is -1.78. The van der Waals surface area contributed by atoms with Gasteiger partial charge >= 0.3 is 0 Å². The summed E-state index contributed by atoms with van der Waals surface area (Å²) >= 11 is 0. The molecule has 0 N–H and O–H groups in total. The van der Waals surface area contributed by atoms with Crippen LogP contribution in [0.3, 0.4) is 0 Å². The van der Waals surface area contributed by atoms with Gasteiger partial charge in [0.15, 0.2) is 11.4 Å². The molecule has 5 heteroatoms. The third kappa shape index (κ3) is 2.11. The van der Waals surface area contributed by atoms with Gasteiger partial charge in [0, 0.05) is 25.4 Å². The Balaban J connectivity index is 1.98. The number of carbonyl (C=O) groups excluding carboxylic acids is 1. The largest absolute Gasteiger partial charge is 0.487 e. The molecule has 5 nitrogen and oxygen atoms in total. The molecule has 0 bridgehead atoms. The van der Waals surface area contributed by atoms with Gasteiger partial charge in [0.2, 0.25) is 5.43 Å². The Kier molecular flexibility index (Phi) is 3.51. The third-order valence-corrected chi connectivity index (χ3v) is 4.12. The number of fused-ring (bicyclic) bond motifs is 2. The second kappa shape index (κ2) is 5.31. The molecule has 1 aromatic rings. The van der Waals surface area contributed by atoms with E-state index in [0.717, 1.165) is 38.8 Å². The normalized spacial score (nSPS) is 20.8. The second-order valence-electron chi connectivity index (χ2n) is 5.51. The molecule has 3 heterocycles. The fourth-order valence-electron chi connectivity index (χ4n) is 3.04. The summed E-state index contributed by atoms with van der Waals surface area (Å²) in [7, 11) is 0. The molecule has 108 valence electrons. The fraction of sp³-hybridized carbons (Fsp3) is 0.600. The first-order chi connectivity index (χ1) is 9.72. The number of nitrogens with zero attached hydrogens (tertiary/aromatic N) is 2. The number of hydrogen-bond acceptors (Lipinski definition) is 3. The minimum Gasteiger partial charge on any atom is -0.487 e. The van der Waals surface area contributed by atoms with Gasteiger partial charge in [-0.3, -0.25) is 9.59 Å². The molecule has 2 aliphatic heterocycles. The van der Waals surface area contributed by atoms with Crippen LogP contribution in [0, 0.1) is 0 Å². The minimum atomic E-state index is -0.196. The van der Waals surface area contributed by atoms with Crippen molar-refractivity contribution in [2.75, 3.05) is 13.2 Å². The number of pyridine rings is 1. The van der Waals surface area contributed by atoms with Gasteiger partial charge in [0.05, 0.1) is 12.6 Å². The van der Waals surface area contributed by atoms with Crippen molar-refractivity contribution >= 4 is 5.91 Å². The molecule has 3 rings (SSSR count). The van der Waals surface area contributed by atoms with Crippen molar-refractivity contribution < 1.29 is 9.53 Å². The first-order valence-corrected chi connectivity index (χ1v) is 7.39. The highest BCUT2D eigenvalue weighted by atomic mass is 16.5. The lowest BCUT2D eigenvalue weighted by molar-refractivity contribution is 0.0658. The van der Waals surface area contributed by atoms with Crippen molar-refractivity contribution in [1.29, 1.82) is 0 Å². The van der Waals surface area contributed by atoms with E-state index >= 15 is 0 Å². The summed E-state index contributed by atoms with van der Waals surface area (Å²) in [4.78, 5) is 26.5. The third-order valence-electron chi connectivity index (χ3n) is 4.12. The number of unbranched alkanes of at least 4 members (excludes halogenated alkanes) is 1. The molecule has 0 aliphatic carbocycles. The quantitative estimate of drug-likeness (QED) is 0.786. The molecule has 0 saturated carbocycles. The molecule has 1 saturated heterocycles. The van der Waals surface area contributed by atoms with E-state index in [1.807, 2.05) is 9.47 Å². The summed E-state index contributed by atoms with van der Waals surface area (Å²) in [5.41, 5.74) is 0.241. The van der Waals surface area contributed by atoms with Crippen LogP contribution in [0.2, 0.25) is 0 Å². The van der Waals surface area contributed by atoms with Gasteiger partial charge in [-0.2, -0.15) is 0 Å². The van der Waals surface area contributed by atoms with Crippen molar-refractivity contribution in [3.05, 3.63) is 28.2 Å². The molecule has 1 fully saturated rings. The maximum atomic E-state index is 12.6. The van der Waals surface area contributed by atoms with Crippen LogP contribution in [-0.4, -0.2) is 34.6 Å².